The topological polar surface area (TPSA) is 69.7 Å². The van der Waals surface area contributed by atoms with Gasteiger partial charge < -0.3 is 15.9 Å². The molecule has 1 heterocycles. The van der Waals surface area contributed by atoms with Gasteiger partial charge >= 0.3 is 0 Å². The molecular weight excluding hydrogens is 216 g/mol. The molecule has 0 aromatic heterocycles. The quantitative estimate of drug-likeness (QED) is 0.660. The zero-order valence-corrected chi connectivity index (χ0v) is 10.8. The largest absolute Gasteiger partial charge is 0.389 e. The van der Waals surface area contributed by atoms with E-state index in [9.17, 15) is 10.2 Å². The fraction of sp³-hybridized carbons (Fsp3) is 1.00. The highest BCUT2D eigenvalue weighted by Crippen LogP contribution is 2.35. The van der Waals surface area contributed by atoms with Crippen LogP contribution in [0.3, 0.4) is 0 Å². The van der Waals surface area contributed by atoms with Crippen molar-refractivity contribution >= 4 is 0 Å². The van der Waals surface area contributed by atoms with Crippen molar-refractivity contribution in [2.24, 2.45) is 17.6 Å². The zero-order valence-electron chi connectivity index (χ0n) is 10.8. The molecule has 2 aliphatic rings. The van der Waals surface area contributed by atoms with Crippen LogP contribution in [0.4, 0.5) is 0 Å². The van der Waals surface area contributed by atoms with Gasteiger partial charge in [-0.25, -0.2) is 0 Å². The SMILES string of the molecule is CCC1CCC(CN)C(N2CC(O)C(O)C2)C1. The maximum Gasteiger partial charge on any atom is 0.0938 e. The number of hydrogen-bond acceptors (Lipinski definition) is 4. The Labute approximate surface area is 104 Å². The number of likely N-dealkylation sites (tertiary alicyclic amines) is 1. The second kappa shape index (κ2) is 5.65. The fourth-order valence-electron chi connectivity index (χ4n) is 3.46. The Morgan fingerprint density at radius 1 is 1.18 bits per heavy atom. The van der Waals surface area contributed by atoms with Crippen molar-refractivity contribution in [2.75, 3.05) is 19.6 Å². The summed E-state index contributed by atoms with van der Waals surface area (Å²) in [6.45, 7) is 4.19. The molecule has 0 radical (unpaired) electrons. The van der Waals surface area contributed by atoms with Gasteiger partial charge in [-0.05, 0) is 31.2 Å². The minimum absolute atomic E-state index is 0.463. The molecular formula is C13H26N2O2. The molecule has 4 nitrogen and oxygen atoms in total. The molecule has 0 spiro atoms. The second-order valence-corrected chi connectivity index (χ2v) is 5.74. The highest BCUT2D eigenvalue weighted by molar-refractivity contribution is 4.93. The molecule has 0 bridgehead atoms. The molecule has 1 saturated carbocycles. The molecule has 17 heavy (non-hydrogen) atoms. The van der Waals surface area contributed by atoms with Gasteiger partial charge in [-0.1, -0.05) is 19.8 Å². The summed E-state index contributed by atoms with van der Waals surface area (Å²) in [5, 5.41) is 19.3. The predicted octanol–water partition coefficient (Wildman–Crippen LogP) is 0.177. The first-order chi connectivity index (χ1) is 8.15. The Morgan fingerprint density at radius 3 is 2.35 bits per heavy atom. The zero-order chi connectivity index (χ0) is 12.4. The van der Waals surface area contributed by atoms with E-state index in [1.54, 1.807) is 0 Å². The molecule has 4 N–H and O–H groups in total. The van der Waals surface area contributed by atoms with E-state index < -0.39 is 12.2 Å². The molecule has 1 aliphatic carbocycles. The van der Waals surface area contributed by atoms with Crippen molar-refractivity contribution in [1.82, 2.24) is 4.90 Å². The van der Waals surface area contributed by atoms with E-state index >= 15 is 0 Å². The van der Waals surface area contributed by atoms with Gasteiger partial charge in [0, 0.05) is 19.1 Å². The third kappa shape index (κ3) is 2.81. The highest BCUT2D eigenvalue weighted by Gasteiger charge is 2.39. The van der Waals surface area contributed by atoms with Crippen LogP contribution in [0.1, 0.15) is 32.6 Å². The maximum absolute atomic E-state index is 9.66. The first-order valence-corrected chi connectivity index (χ1v) is 6.96. The number of β-amino-alcohol motifs (C(OH)–C–C–N with tert-alkyl or cyclic N) is 2. The summed E-state index contributed by atoms with van der Waals surface area (Å²) >= 11 is 0. The molecule has 2 fully saturated rings. The van der Waals surface area contributed by atoms with Gasteiger partial charge in [0.05, 0.1) is 12.2 Å². The third-order valence-electron chi connectivity index (χ3n) is 4.70. The van der Waals surface area contributed by atoms with E-state index in [0.717, 1.165) is 12.5 Å². The van der Waals surface area contributed by atoms with Gasteiger partial charge in [0.25, 0.3) is 0 Å². The van der Waals surface area contributed by atoms with Crippen LogP contribution in [-0.4, -0.2) is 53.0 Å². The molecule has 1 saturated heterocycles. The smallest absolute Gasteiger partial charge is 0.0938 e. The van der Waals surface area contributed by atoms with Crippen molar-refractivity contribution in [3.05, 3.63) is 0 Å². The number of rotatable bonds is 3. The lowest BCUT2D eigenvalue weighted by Crippen LogP contribution is -2.46. The van der Waals surface area contributed by atoms with Gasteiger partial charge in [0.2, 0.25) is 0 Å². The first-order valence-electron chi connectivity index (χ1n) is 6.96. The van der Waals surface area contributed by atoms with Gasteiger partial charge in [-0.3, -0.25) is 4.90 Å². The molecule has 5 atom stereocenters. The monoisotopic (exact) mass is 242 g/mol. The number of aliphatic hydroxyl groups excluding tert-OH is 2. The summed E-state index contributed by atoms with van der Waals surface area (Å²) in [5.41, 5.74) is 5.87. The van der Waals surface area contributed by atoms with Gasteiger partial charge in [-0.2, -0.15) is 0 Å². The van der Waals surface area contributed by atoms with E-state index in [0.29, 0.717) is 25.0 Å². The van der Waals surface area contributed by atoms with E-state index in [1.165, 1.54) is 25.7 Å². The van der Waals surface area contributed by atoms with Crippen LogP contribution in [-0.2, 0) is 0 Å². The van der Waals surface area contributed by atoms with Gasteiger partial charge in [0.1, 0.15) is 0 Å². The lowest BCUT2D eigenvalue weighted by atomic mass is 9.76. The minimum Gasteiger partial charge on any atom is -0.389 e. The molecule has 0 aromatic rings. The number of hydrogen-bond donors (Lipinski definition) is 3. The normalized spacial score (nSPS) is 44.1. The van der Waals surface area contributed by atoms with Crippen LogP contribution in [0.25, 0.3) is 0 Å². The van der Waals surface area contributed by atoms with Gasteiger partial charge in [-0.15, -0.1) is 0 Å². The average molecular weight is 242 g/mol. The Bertz CT molecular complexity index is 240. The van der Waals surface area contributed by atoms with Crippen molar-refractivity contribution in [3.63, 3.8) is 0 Å². The van der Waals surface area contributed by atoms with E-state index in [1.807, 2.05) is 0 Å². The molecule has 0 aromatic carbocycles. The number of aliphatic hydroxyl groups is 2. The standard InChI is InChI=1S/C13H26N2O2/c1-2-9-3-4-10(6-14)11(5-9)15-7-12(16)13(17)8-15/h9-13,16-17H,2-8,14H2,1H3. The van der Waals surface area contributed by atoms with Crippen molar-refractivity contribution < 1.29 is 10.2 Å². The fourth-order valence-corrected chi connectivity index (χ4v) is 3.46. The van der Waals surface area contributed by atoms with Crippen LogP contribution in [0.2, 0.25) is 0 Å². The maximum atomic E-state index is 9.66. The molecule has 4 heteroatoms. The van der Waals surface area contributed by atoms with Crippen molar-refractivity contribution in [3.8, 4) is 0 Å². The van der Waals surface area contributed by atoms with Crippen molar-refractivity contribution in [2.45, 2.75) is 50.9 Å². The summed E-state index contributed by atoms with van der Waals surface area (Å²) < 4.78 is 0. The van der Waals surface area contributed by atoms with Crippen LogP contribution in [0, 0.1) is 11.8 Å². The van der Waals surface area contributed by atoms with Crippen LogP contribution in [0.5, 0.6) is 0 Å². The Hall–Kier alpha value is -0.160. The summed E-state index contributed by atoms with van der Waals surface area (Å²) in [5.74, 6) is 1.33. The molecule has 1 aliphatic heterocycles. The Balaban J connectivity index is 2.00. The Morgan fingerprint density at radius 2 is 1.82 bits per heavy atom. The van der Waals surface area contributed by atoms with Crippen LogP contribution >= 0.6 is 0 Å². The third-order valence-corrected chi connectivity index (χ3v) is 4.70. The summed E-state index contributed by atoms with van der Waals surface area (Å²) in [6.07, 6.45) is 3.74. The Kier molecular flexibility index (Phi) is 4.42. The van der Waals surface area contributed by atoms with Gasteiger partial charge in [0.15, 0.2) is 0 Å². The molecule has 100 valence electrons. The summed E-state index contributed by atoms with van der Waals surface area (Å²) in [6, 6.07) is 0.463. The average Bonchev–Trinajstić information content (AvgIpc) is 2.68. The summed E-state index contributed by atoms with van der Waals surface area (Å²) in [7, 11) is 0. The molecule has 2 rings (SSSR count). The van der Waals surface area contributed by atoms with E-state index in [-0.39, 0.29) is 0 Å². The second-order valence-electron chi connectivity index (χ2n) is 5.74. The highest BCUT2D eigenvalue weighted by atomic mass is 16.3. The van der Waals surface area contributed by atoms with Crippen LogP contribution < -0.4 is 5.73 Å². The minimum atomic E-state index is -0.574. The van der Waals surface area contributed by atoms with E-state index in [4.69, 9.17) is 5.73 Å². The first kappa shape index (κ1) is 13.3. The van der Waals surface area contributed by atoms with Crippen LogP contribution in [0.15, 0.2) is 0 Å². The summed E-state index contributed by atoms with van der Waals surface area (Å²) in [4.78, 5) is 2.26. The number of nitrogens with zero attached hydrogens (tertiary/aromatic N) is 1. The number of nitrogens with two attached hydrogens (primary N) is 1. The van der Waals surface area contributed by atoms with Crippen molar-refractivity contribution in [1.29, 1.82) is 0 Å². The lowest BCUT2D eigenvalue weighted by molar-refractivity contribution is 0.0572. The van der Waals surface area contributed by atoms with E-state index in [2.05, 4.69) is 11.8 Å². The predicted molar refractivity (Wildman–Crippen MR) is 67.6 cm³/mol. The molecule has 0 amide bonds. The lowest BCUT2D eigenvalue weighted by Gasteiger charge is -2.40. The molecule has 5 unspecified atom stereocenters.